The van der Waals surface area contributed by atoms with Crippen LogP contribution in [0.4, 0.5) is 0 Å². The molecule has 0 N–H and O–H groups in total. The van der Waals surface area contributed by atoms with Crippen LogP contribution >= 0.6 is 11.6 Å². The van der Waals surface area contributed by atoms with Crippen molar-refractivity contribution in [2.45, 2.75) is 32.8 Å². The molecule has 0 spiro atoms. The van der Waals surface area contributed by atoms with Gasteiger partial charge in [0, 0.05) is 13.1 Å². The van der Waals surface area contributed by atoms with Crippen LogP contribution in [0.5, 0.6) is 5.75 Å². The van der Waals surface area contributed by atoms with Crippen LogP contribution in [0, 0.1) is 5.92 Å². The van der Waals surface area contributed by atoms with E-state index in [0.717, 1.165) is 25.9 Å². The molecule has 1 aliphatic heterocycles. The maximum atomic E-state index is 12.3. The maximum Gasteiger partial charge on any atom is 0.263 e. The van der Waals surface area contributed by atoms with Crippen molar-refractivity contribution in [1.82, 2.24) is 4.90 Å². The number of para-hydroxylation sites is 1. The van der Waals surface area contributed by atoms with Crippen LogP contribution in [0.25, 0.3) is 0 Å². The summed E-state index contributed by atoms with van der Waals surface area (Å²) >= 11 is 6.03. The number of amides is 1. The third-order valence-electron chi connectivity index (χ3n) is 3.58. The van der Waals surface area contributed by atoms with Gasteiger partial charge in [-0.3, -0.25) is 4.79 Å². The van der Waals surface area contributed by atoms with Gasteiger partial charge in [0.15, 0.2) is 6.10 Å². The van der Waals surface area contributed by atoms with E-state index in [-0.39, 0.29) is 5.91 Å². The van der Waals surface area contributed by atoms with Crippen molar-refractivity contribution in [3.05, 3.63) is 29.3 Å². The number of hydrogen-bond donors (Lipinski definition) is 0. The number of rotatable bonds is 3. The standard InChI is InChI=1S/C15H20ClNO2/c1-11-7-9-17(10-8-11)15(18)12(2)19-14-6-4-3-5-13(14)16/h3-6,11-12H,7-10H2,1-2H3. The Bertz CT molecular complexity index is 442. The lowest BCUT2D eigenvalue weighted by atomic mass is 9.99. The predicted molar refractivity (Wildman–Crippen MR) is 76.5 cm³/mol. The molecule has 0 aromatic heterocycles. The fourth-order valence-electron chi connectivity index (χ4n) is 2.27. The van der Waals surface area contributed by atoms with Crippen LogP contribution in [0.15, 0.2) is 24.3 Å². The normalized spacial score (nSPS) is 18.2. The molecule has 1 heterocycles. The van der Waals surface area contributed by atoms with Gasteiger partial charge in [-0.05, 0) is 37.8 Å². The van der Waals surface area contributed by atoms with Crippen LogP contribution in [-0.2, 0) is 4.79 Å². The molecular weight excluding hydrogens is 262 g/mol. The Morgan fingerprint density at radius 2 is 2.00 bits per heavy atom. The molecule has 104 valence electrons. The maximum absolute atomic E-state index is 12.3. The van der Waals surface area contributed by atoms with Crippen LogP contribution in [0.3, 0.4) is 0 Å². The van der Waals surface area contributed by atoms with Crippen molar-refractivity contribution >= 4 is 17.5 Å². The molecule has 19 heavy (non-hydrogen) atoms. The Hall–Kier alpha value is -1.22. The van der Waals surface area contributed by atoms with Gasteiger partial charge in [-0.2, -0.15) is 0 Å². The van der Waals surface area contributed by atoms with Crippen LogP contribution in [0.2, 0.25) is 5.02 Å². The summed E-state index contributed by atoms with van der Waals surface area (Å²) in [5.41, 5.74) is 0. The zero-order valence-corrected chi connectivity index (χ0v) is 12.2. The van der Waals surface area contributed by atoms with Crippen molar-refractivity contribution < 1.29 is 9.53 Å². The van der Waals surface area contributed by atoms with E-state index in [1.807, 2.05) is 17.0 Å². The molecule has 1 aromatic carbocycles. The minimum absolute atomic E-state index is 0.0480. The summed E-state index contributed by atoms with van der Waals surface area (Å²) in [5.74, 6) is 1.33. The van der Waals surface area contributed by atoms with Crippen LogP contribution in [0.1, 0.15) is 26.7 Å². The van der Waals surface area contributed by atoms with Crippen LogP contribution < -0.4 is 4.74 Å². The first-order valence-corrected chi connectivity index (χ1v) is 7.15. The molecule has 0 bridgehead atoms. The van der Waals surface area contributed by atoms with Gasteiger partial charge in [0.05, 0.1) is 5.02 Å². The molecular formula is C15H20ClNO2. The van der Waals surface area contributed by atoms with E-state index in [0.29, 0.717) is 16.7 Å². The Labute approximate surface area is 119 Å². The zero-order chi connectivity index (χ0) is 13.8. The van der Waals surface area contributed by atoms with E-state index in [1.165, 1.54) is 0 Å². The first-order chi connectivity index (χ1) is 9.08. The number of benzene rings is 1. The number of ether oxygens (including phenoxy) is 1. The summed E-state index contributed by atoms with van der Waals surface area (Å²) in [6, 6.07) is 7.23. The van der Waals surface area contributed by atoms with E-state index in [2.05, 4.69) is 6.92 Å². The summed E-state index contributed by atoms with van der Waals surface area (Å²) in [5, 5.41) is 0.536. The van der Waals surface area contributed by atoms with Crippen molar-refractivity contribution in [2.75, 3.05) is 13.1 Å². The number of nitrogens with zero attached hydrogens (tertiary/aromatic N) is 1. The number of likely N-dealkylation sites (tertiary alicyclic amines) is 1. The van der Waals surface area contributed by atoms with E-state index < -0.39 is 6.10 Å². The van der Waals surface area contributed by atoms with Gasteiger partial charge in [0.25, 0.3) is 5.91 Å². The van der Waals surface area contributed by atoms with Gasteiger partial charge in [-0.1, -0.05) is 30.7 Å². The molecule has 0 radical (unpaired) electrons. The van der Waals surface area contributed by atoms with Gasteiger partial charge in [-0.25, -0.2) is 0 Å². The van der Waals surface area contributed by atoms with E-state index in [4.69, 9.17) is 16.3 Å². The molecule has 3 nitrogen and oxygen atoms in total. The number of hydrogen-bond acceptors (Lipinski definition) is 2. The highest BCUT2D eigenvalue weighted by atomic mass is 35.5. The molecule has 1 amide bonds. The second-order valence-corrected chi connectivity index (χ2v) is 5.61. The van der Waals surface area contributed by atoms with Gasteiger partial charge >= 0.3 is 0 Å². The SMILES string of the molecule is CC1CCN(C(=O)C(C)Oc2ccccc2Cl)CC1. The first-order valence-electron chi connectivity index (χ1n) is 6.78. The topological polar surface area (TPSA) is 29.5 Å². The molecule has 1 atom stereocenters. The molecule has 1 aromatic rings. The number of halogens is 1. The number of carbonyl (C=O) groups excluding carboxylic acids is 1. The molecule has 2 rings (SSSR count). The average molecular weight is 282 g/mol. The number of piperidine rings is 1. The zero-order valence-electron chi connectivity index (χ0n) is 11.4. The molecule has 1 unspecified atom stereocenters. The largest absolute Gasteiger partial charge is 0.479 e. The Morgan fingerprint density at radius 1 is 1.37 bits per heavy atom. The molecule has 1 saturated heterocycles. The average Bonchev–Trinajstić information content (AvgIpc) is 2.41. The third kappa shape index (κ3) is 3.63. The third-order valence-corrected chi connectivity index (χ3v) is 3.90. The fourth-order valence-corrected chi connectivity index (χ4v) is 2.45. The first kappa shape index (κ1) is 14.2. The predicted octanol–water partition coefficient (Wildman–Crippen LogP) is 3.37. The monoisotopic (exact) mass is 281 g/mol. The Balaban J connectivity index is 1.94. The molecule has 0 aliphatic carbocycles. The molecule has 4 heteroatoms. The fraction of sp³-hybridized carbons (Fsp3) is 0.533. The summed E-state index contributed by atoms with van der Waals surface area (Å²) in [6.45, 7) is 5.67. The van der Waals surface area contributed by atoms with E-state index in [1.54, 1.807) is 19.1 Å². The minimum Gasteiger partial charge on any atom is -0.479 e. The smallest absolute Gasteiger partial charge is 0.263 e. The molecule has 1 fully saturated rings. The summed E-state index contributed by atoms with van der Waals surface area (Å²) in [7, 11) is 0. The van der Waals surface area contributed by atoms with Gasteiger partial charge in [-0.15, -0.1) is 0 Å². The van der Waals surface area contributed by atoms with Gasteiger partial charge < -0.3 is 9.64 Å². The van der Waals surface area contributed by atoms with Crippen molar-refractivity contribution in [1.29, 1.82) is 0 Å². The second kappa shape index (κ2) is 6.29. The van der Waals surface area contributed by atoms with Crippen molar-refractivity contribution in [3.63, 3.8) is 0 Å². The quantitative estimate of drug-likeness (QED) is 0.850. The Kier molecular flexibility index (Phi) is 4.70. The highest BCUT2D eigenvalue weighted by Gasteiger charge is 2.25. The Morgan fingerprint density at radius 3 is 2.63 bits per heavy atom. The lowest BCUT2D eigenvalue weighted by Gasteiger charge is -2.32. The number of carbonyl (C=O) groups is 1. The van der Waals surface area contributed by atoms with Gasteiger partial charge in [0.2, 0.25) is 0 Å². The molecule has 0 saturated carbocycles. The van der Waals surface area contributed by atoms with Crippen LogP contribution in [-0.4, -0.2) is 30.0 Å². The molecule has 1 aliphatic rings. The lowest BCUT2D eigenvalue weighted by molar-refractivity contribution is -0.139. The second-order valence-electron chi connectivity index (χ2n) is 5.20. The van der Waals surface area contributed by atoms with Gasteiger partial charge in [0.1, 0.15) is 5.75 Å². The highest BCUT2D eigenvalue weighted by molar-refractivity contribution is 6.32. The highest BCUT2D eigenvalue weighted by Crippen LogP contribution is 2.25. The van der Waals surface area contributed by atoms with E-state index >= 15 is 0 Å². The van der Waals surface area contributed by atoms with E-state index in [9.17, 15) is 4.79 Å². The summed E-state index contributed by atoms with van der Waals surface area (Å²) < 4.78 is 5.66. The van der Waals surface area contributed by atoms with Crippen molar-refractivity contribution in [3.8, 4) is 5.75 Å². The van der Waals surface area contributed by atoms with Crippen molar-refractivity contribution in [2.24, 2.45) is 5.92 Å². The summed E-state index contributed by atoms with van der Waals surface area (Å²) in [4.78, 5) is 14.2. The summed E-state index contributed by atoms with van der Waals surface area (Å²) in [6.07, 6.45) is 1.66. The minimum atomic E-state index is -0.492. The lowest BCUT2D eigenvalue weighted by Crippen LogP contribution is -2.44.